The second-order valence-electron chi connectivity index (χ2n) is 6.55. The van der Waals surface area contributed by atoms with E-state index in [0.29, 0.717) is 35.8 Å². The number of anilines is 1. The van der Waals surface area contributed by atoms with E-state index in [-0.39, 0.29) is 17.5 Å². The van der Waals surface area contributed by atoms with E-state index in [2.05, 4.69) is 20.9 Å². The van der Waals surface area contributed by atoms with Crippen LogP contribution in [0, 0.1) is 5.82 Å². The predicted molar refractivity (Wildman–Crippen MR) is 108 cm³/mol. The first-order chi connectivity index (χ1) is 13.5. The van der Waals surface area contributed by atoms with Crippen LogP contribution in [0.2, 0.25) is 0 Å². The van der Waals surface area contributed by atoms with Gasteiger partial charge in [-0.3, -0.25) is 14.3 Å². The molecule has 0 aliphatic carbocycles. The lowest BCUT2D eigenvalue weighted by Crippen LogP contribution is -2.41. The molecule has 1 saturated heterocycles. The molecular formula is C20H18BrFN4O2. The Balaban J connectivity index is 1.67. The highest BCUT2D eigenvalue weighted by Gasteiger charge is 2.25. The van der Waals surface area contributed by atoms with Crippen molar-refractivity contribution < 1.29 is 9.13 Å². The summed E-state index contributed by atoms with van der Waals surface area (Å²) in [5.74, 6) is 0.263. The maximum atomic E-state index is 13.6. The maximum Gasteiger partial charge on any atom is 0.255 e. The van der Waals surface area contributed by atoms with Crippen molar-refractivity contribution in [2.24, 2.45) is 7.05 Å². The van der Waals surface area contributed by atoms with Gasteiger partial charge < -0.3 is 9.64 Å². The van der Waals surface area contributed by atoms with Crippen LogP contribution in [-0.2, 0) is 11.8 Å². The van der Waals surface area contributed by atoms with Crippen LogP contribution in [0.5, 0.6) is 0 Å². The van der Waals surface area contributed by atoms with E-state index in [1.807, 2.05) is 17.0 Å². The summed E-state index contributed by atoms with van der Waals surface area (Å²) in [5, 5.41) is 0. The van der Waals surface area contributed by atoms with E-state index >= 15 is 0 Å². The number of benzene rings is 1. The van der Waals surface area contributed by atoms with Gasteiger partial charge in [0.25, 0.3) is 5.56 Å². The number of halogens is 2. The summed E-state index contributed by atoms with van der Waals surface area (Å²) in [6, 6.07) is 10.0. The molecule has 1 aliphatic heterocycles. The molecule has 1 atom stereocenters. The fraction of sp³-hybridized carbons (Fsp3) is 0.250. The average molecular weight is 445 g/mol. The zero-order chi connectivity index (χ0) is 19.7. The molecule has 144 valence electrons. The van der Waals surface area contributed by atoms with Gasteiger partial charge in [0.05, 0.1) is 23.3 Å². The summed E-state index contributed by atoms with van der Waals surface area (Å²) in [4.78, 5) is 23.3. The van der Waals surface area contributed by atoms with E-state index < -0.39 is 0 Å². The molecule has 0 spiro atoms. The molecule has 0 bridgehead atoms. The van der Waals surface area contributed by atoms with E-state index in [1.54, 1.807) is 31.6 Å². The van der Waals surface area contributed by atoms with Crippen LogP contribution >= 0.6 is 15.9 Å². The van der Waals surface area contributed by atoms with Crippen molar-refractivity contribution in [1.29, 1.82) is 0 Å². The average Bonchev–Trinajstić information content (AvgIpc) is 2.72. The Morgan fingerprint density at radius 3 is 2.75 bits per heavy atom. The van der Waals surface area contributed by atoms with Crippen LogP contribution in [0.25, 0.3) is 11.3 Å². The lowest BCUT2D eigenvalue weighted by atomic mass is 10.1. The number of pyridine rings is 1. The van der Waals surface area contributed by atoms with Crippen molar-refractivity contribution >= 4 is 21.9 Å². The third-order valence-electron chi connectivity index (χ3n) is 4.75. The number of rotatable bonds is 3. The fourth-order valence-corrected chi connectivity index (χ4v) is 3.62. The number of hydrogen-bond acceptors (Lipinski definition) is 5. The highest BCUT2D eigenvalue weighted by atomic mass is 79.9. The van der Waals surface area contributed by atoms with Crippen LogP contribution in [0.15, 0.2) is 58.1 Å². The first-order valence-electron chi connectivity index (χ1n) is 8.83. The van der Waals surface area contributed by atoms with E-state index in [4.69, 9.17) is 9.72 Å². The smallest absolute Gasteiger partial charge is 0.255 e. The minimum atomic E-state index is -0.314. The van der Waals surface area contributed by atoms with E-state index in [0.717, 1.165) is 11.1 Å². The van der Waals surface area contributed by atoms with Gasteiger partial charge in [0.1, 0.15) is 11.9 Å². The molecule has 3 heterocycles. The summed E-state index contributed by atoms with van der Waals surface area (Å²) < 4.78 is 21.4. The van der Waals surface area contributed by atoms with E-state index in [1.165, 1.54) is 16.7 Å². The lowest BCUT2D eigenvalue weighted by molar-refractivity contribution is 0.0389. The Morgan fingerprint density at radius 1 is 1.21 bits per heavy atom. The normalized spacial score (nSPS) is 17.0. The zero-order valence-corrected chi connectivity index (χ0v) is 16.8. The molecule has 1 fully saturated rings. The molecule has 28 heavy (non-hydrogen) atoms. The third kappa shape index (κ3) is 3.70. The molecule has 4 rings (SSSR count). The molecule has 2 aromatic heterocycles. The minimum absolute atomic E-state index is 0.135. The molecule has 0 amide bonds. The van der Waals surface area contributed by atoms with Crippen molar-refractivity contribution in [1.82, 2.24) is 14.5 Å². The van der Waals surface area contributed by atoms with Gasteiger partial charge in [-0.25, -0.2) is 9.37 Å². The quantitative estimate of drug-likeness (QED) is 0.619. The number of nitrogens with zero attached hydrogens (tertiary/aromatic N) is 4. The molecule has 0 saturated carbocycles. The zero-order valence-electron chi connectivity index (χ0n) is 15.2. The third-order valence-corrected chi connectivity index (χ3v) is 5.36. The number of aromatic nitrogens is 3. The van der Waals surface area contributed by atoms with Crippen LogP contribution < -0.4 is 10.5 Å². The summed E-state index contributed by atoms with van der Waals surface area (Å²) in [6.07, 6.45) is 3.10. The summed E-state index contributed by atoms with van der Waals surface area (Å²) >= 11 is 3.22. The fourth-order valence-electron chi connectivity index (χ4n) is 3.23. The van der Waals surface area contributed by atoms with Crippen molar-refractivity contribution in [2.75, 3.05) is 24.6 Å². The molecule has 1 aliphatic rings. The van der Waals surface area contributed by atoms with Gasteiger partial charge in [0.15, 0.2) is 0 Å². The van der Waals surface area contributed by atoms with Crippen molar-refractivity contribution in [3.63, 3.8) is 0 Å². The topological polar surface area (TPSA) is 60.2 Å². The number of morpholine rings is 1. The molecule has 0 radical (unpaired) electrons. The van der Waals surface area contributed by atoms with Gasteiger partial charge in [0, 0.05) is 37.6 Å². The van der Waals surface area contributed by atoms with Crippen LogP contribution in [0.3, 0.4) is 0 Å². The number of ether oxygens (including phenoxy) is 1. The van der Waals surface area contributed by atoms with Gasteiger partial charge >= 0.3 is 0 Å². The Kier molecular flexibility index (Phi) is 5.23. The maximum absolute atomic E-state index is 13.6. The second kappa shape index (κ2) is 7.81. The highest BCUT2D eigenvalue weighted by Crippen LogP contribution is 2.28. The van der Waals surface area contributed by atoms with Crippen LogP contribution in [0.4, 0.5) is 10.3 Å². The van der Waals surface area contributed by atoms with E-state index in [9.17, 15) is 9.18 Å². The summed E-state index contributed by atoms with van der Waals surface area (Å²) in [6.45, 7) is 1.60. The molecule has 6 nitrogen and oxygen atoms in total. The van der Waals surface area contributed by atoms with Gasteiger partial charge in [0.2, 0.25) is 5.95 Å². The lowest BCUT2D eigenvalue weighted by Gasteiger charge is -2.34. The summed E-state index contributed by atoms with van der Waals surface area (Å²) in [5.41, 5.74) is 2.17. The Labute approximate surface area is 169 Å². The highest BCUT2D eigenvalue weighted by molar-refractivity contribution is 9.10. The van der Waals surface area contributed by atoms with Gasteiger partial charge in [-0.15, -0.1) is 0 Å². The molecule has 1 aromatic carbocycles. The Morgan fingerprint density at radius 2 is 2.00 bits per heavy atom. The van der Waals surface area contributed by atoms with Crippen LogP contribution in [-0.4, -0.2) is 34.2 Å². The first kappa shape index (κ1) is 18.8. The van der Waals surface area contributed by atoms with Gasteiger partial charge in [-0.1, -0.05) is 6.07 Å². The molecule has 1 unspecified atom stereocenters. The standard InChI is InChI=1S/C20H18BrFN4O2/c1-25-19(27)11-17(13-4-6-23-7-5-13)24-20(25)26-8-9-28-18(12-26)14-2-3-16(22)15(21)10-14/h2-7,10-11,18H,8-9,12H2,1H3. The molecule has 0 N–H and O–H groups in total. The minimum Gasteiger partial charge on any atom is -0.370 e. The van der Waals surface area contributed by atoms with Crippen molar-refractivity contribution in [3.05, 3.63) is 75.0 Å². The van der Waals surface area contributed by atoms with Gasteiger partial charge in [-0.05, 0) is 45.8 Å². The Hall–Kier alpha value is -2.58. The molecular weight excluding hydrogens is 427 g/mol. The largest absolute Gasteiger partial charge is 0.370 e. The SMILES string of the molecule is Cn1c(N2CCOC(c3ccc(F)c(Br)c3)C2)nc(-c2ccncc2)cc1=O. The number of hydrogen-bond donors (Lipinski definition) is 0. The van der Waals surface area contributed by atoms with Crippen LogP contribution in [0.1, 0.15) is 11.7 Å². The molecule has 3 aromatic rings. The van der Waals surface area contributed by atoms with Crippen molar-refractivity contribution in [3.8, 4) is 11.3 Å². The monoisotopic (exact) mass is 444 g/mol. The summed E-state index contributed by atoms with van der Waals surface area (Å²) in [7, 11) is 1.71. The molecule has 8 heteroatoms. The second-order valence-corrected chi connectivity index (χ2v) is 7.41. The Bertz CT molecular complexity index is 1060. The van der Waals surface area contributed by atoms with Gasteiger partial charge in [-0.2, -0.15) is 0 Å². The first-order valence-corrected chi connectivity index (χ1v) is 9.62. The van der Waals surface area contributed by atoms with Crippen molar-refractivity contribution in [2.45, 2.75) is 6.10 Å². The predicted octanol–water partition coefficient (Wildman–Crippen LogP) is 3.32.